The van der Waals surface area contributed by atoms with E-state index < -0.39 is 11.7 Å². The normalized spacial score (nSPS) is 14.3. The van der Waals surface area contributed by atoms with Crippen molar-refractivity contribution in [3.8, 4) is 22.4 Å². The highest BCUT2D eigenvalue weighted by molar-refractivity contribution is 5.79. The van der Waals surface area contributed by atoms with Gasteiger partial charge in [-0.1, -0.05) is 42.5 Å². The number of halogens is 3. The molecule has 0 amide bonds. The summed E-state index contributed by atoms with van der Waals surface area (Å²) in [4.78, 5) is 12.8. The molecule has 1 aliphatic heterocycles. The zero-order valence-electron chi connectivity index (χ0n) is 18.2. The first-order valence-corrected chi connectivity index (χ1v) is 10.9. The van der Waals surface area contributed by atoms with Crippen LogP contribution in [0.4, 0.5) is 24.9 Å². The van der Waals surface area contributed by atoms with Gasteiger partial charge in [0.25, 0.3) is 0 Å². The third kappa shape index (κ3) is 4.54. The Morgan fingerprint density at radius 1 is 0.676 bits per heavy atom. The van der Waals surface area contributed by atoms with E-state index in [0.29, 0.717) is 49.2 Å². The quantitative estimate of drug-likeness (QED) is 0.428. The molecule has 0 N–H and O–H groups in total. The number of piperazine rings is 1. The summed E-state index contributed by atoms with van der Waals surface area (Å²) >= 11 is 0. The number of benzene rings is 2. The number of anilines is 2. The van der Waals surface area contributed by atoms with E-state index in [2.05, 4.69) is 30.0 Å². The molecule has 0 radical (unpaired) electrons. The van der Waals surface area contributed by atoms with Gasteiger partial charge in [0.15, 0.2) is 5.82 Å². The first kappa shape index (κ1) is 21.8. The molecule has 2 aromatic heterocycles. The van der Waals surface area contributed by atoms with Crippen LogP contribution in [0.15, 0.2) is 79.1 Å². The zero-order valence-corrected chi connectivity index (χ0v) is 18.2. The molecule has 1 saturated heterocycles. The van der Waals surface area contributed by atoms with E-state index in [4.69, 9.17) is 0 Å². The fraction of sp³-hybridized carbons (Fsp3) is 0.200. The summed E-state index contributed by atoms with van der Waals surface area (Å²) in [6.45, 7) is 2.70. The lowest BCUT2D eigenvalue weighted by Crippen LogP contribution is -2.47. The smallest absolute Gasteiger partial charge is 0.351 e. The van der Waals surface area contributed by atoms with Gasteiger partial charge >= 0.3 is 6.18 Å². The predicted molar refractivity (Wildman–Crippen MR) is 124 cm³/mol. The van der Waals surface area contributed by atoms with Crippen LogP contribution >= 0.6 is 0 Å². The van der Waals surface area contributed by atoms with E-state index in [1.165, 1.54) is 12.1 Å². The average molecular weight is 462 g/mol. The van der Waals surface area contributed by atoms with Crippen LogP contribution in [0.1, 0.15) is 5.56 Å². The van der Waals surface area contributed by atoms with Gasteiger partial charge < -0.3 is 9.80 Å². The molecule has 0 bridgehead atoms. The molecule has 34 heavy (non-hydrogen) atoms. The lowest BCUT2D eigenvalue weighted by atomic mass is 10.0. The molecule has 6 nitrogen and oxygen atoms in total. The molecular formula is C25H21F3N6. The van der Waals surface area contributed by atoms with E-state index in [0.717, 1.165) is 23.3 Å². The first-order chi connectivity index (χ1) is 16.5. The highest BCUT2D eigenvalue weighted by Crippen LogP contribution is 2.35. The molecule has 2 aromatic carbocycles. The predicted octanol–water partition coefficient (Wildman–Crippen LogP) is 4.95. The van der Waals surface area contributed by atoms with Gasteiger partial charge in [-0.3, -0.25) is 0 Å². The Hall–Kier alpha value is -4.01. The Balaban J connectivity index is 1.48. The number of aromatic nitrogens is 4. The van der Waals surface area contributed by atoms with Gasteiger partial charge in [0.1, 0.15) is 0 Å². The molecular weight excluding hydrogens is 441 g/mol. The maximum Gasteiger partial charge on any atom is 0.416 e. The lowest BCUT2D eigenvalue weighted by Gasteiger charge is -2.36. The zero-order chi connectivity index (χ0) is 23.5. The molecule has 172 valence electrons. The van der Waals surface area contributed by atoms with Crippen LogP contribution in [-0.4, -0.2) is 46.3 Å². The van der Waals surface area contributed by atoms with Crippen LogP contribution in [0.3, 0.4) is 0 Å². The minimum atomic E-state index is -4.39. The topological polar surface area (TPSA) is 58.0 Å². The van der Waals surface area contributed by atoms with Crippen molar-refractivity contribution in [3.05, 3.63) is 84.7 Å². The van der Waals surface area contributed by atoms with E-state index in [1.807, 2.05) is 36.4 Å². The van der Waals surface area contributed by atoms with Gasteiger partial charge in [-0.05, 0) is 29.8 Å². The van der Waals surface area contributed by atoms with E-state index in [9.17, 15) is 13.2 Å². The highest BCUT2D eigenvalue weighted by Gasteiger charge is 2.30. The molecule has 0 aliphatic carbocycles. The third-order valence-electron chi connectivity index (χ3n) is 5.78. The monoisotopic (exact) mass is 462 g/mol. The number of nitrogens with zero attached hydrogens (tertiary/aromatic N) is 6. The summed E-state index contributed by atoms with van der Waals surface area (Å²) in [5.41, 5.74) is 2.27. The maximum atomic E-state index is 13.1. The van der Waals surface area contributed by atoms with Crippen LogP contribution < -0.4 is 9.80 Å². The largest absolute Gasteiger partial charge is 0.416 e. The second-order valence-electron chi connectivity index (χ2n) is 7.93. The SMILES string of the molecule is FC(F)(F)c1ccc(-c2cc(-c3ccccc3)nnc2N2CCN(c3ncccn3)CC2)cc1. The molecule has 0 unspecified atom stereocenters. The third-order valence-corrected chi connectivity index (χ3v) is 5.78. The summed E-state index contributed by atoms with van der Waals surface area (Å²) in [5, 5.41) is 8.96. The van der Waals surface area contributed by atoms with Gasteiger partial charge in [0.2, 0.25) is 5.95 Å². The summed E-state index contributed by atoms with van der Waals surface area (Å²) in [5.74, 6) is 1.32. The molecule has 9 heteroatoms. The molecule has 4 aromatic rings. The number of hydrogen-bond acceptors (Lipinski definition) is 6. The highest BCUT2D eigenvalue weighted by atomic mass is 19.4. The molecule has 1 aliphatic rings. The van der Waals surface area contributed by atoms with Crippen LogP contribution in [-0.2, 0) is 6.18 Å². The standard InChI is InChI=1S/C25H21F3N6/c26-25(27,28)20-9-7-18(8-10-20)21-17-22(19-5-2-1-3-6-19)31-32-23(21)33-13-15-34(16-14-33)24-29-11-4-12-30-24/h1-12,17H,13-16H2. The summed E-state index contributed by atoms with van der Waals surface area (Å²) in [7, 11) is 0. The summed E-state index contributed by atoms with van der Waals surface area (Å²) in [6.07, 6.45) is -0.959. The fourth-order valence-corrected chi connectivity index (χ4v) is 3.99. The van der Waals surface area contributed by atoms with Crippen molar-refractivity contribution in [2.45, 2.75) is 6.18 Å². The second kappa shape index (κ2) is 9.09. The number of rotatable bonds is 4. The van der Waals surface area contributed by atoms with Gasteiger partial charge in [-0.15, -0.1) is 10.2 Å². The maximum absolute atomic E-state index is 13.1. The van der Waals surface area contributed by atoms with Crippen molar-refractivity contribution >= 4 is 11.8 Å². The molecule has 0 spiro atoms. The van der Waals surface area contributed by atoms with Crippen molar-refractivity contribution < 1.29 is 13.2 Å². The minimum absolute atomic E-state index is 0.646. The van der Waals surface area contributed by atoms with E-state index >= 15 is 0 Å². The van der Waals surface area contributed by atoms with Crippen LogP contribution in [0.25, 0.3) is 22.4 Å². The molecule has 0 saturated carbocycles. The van der Waals surface area contributed by atoms with E-state index in [-0.39, 0.29) is 0 Å². The van der Waals surface area contributed by atoms with Crippen molar-refractivity contribution in [3.63, 3.8) is 0 Å². The van der Waals surface area contributed by atoms with Crippen LogP contribution in [0, 0.1) is 0 Å². The van der Waals surface area contributed by atoms with Crippen LogP contribution in [0.2, 0.25) is 0 Å². The average Bonchev–Trinajstić information content (AvgIpc) is 2.89. The van der Waals surface area contributed by atoms with Crippen molar-refractivity contribution in [1.82, 2.24) is 20.2 Å². The summed E-state index contributed by atoms with van der Waals surface area (Å²) in [6, 6.07) is 18.5. The Bertz CT molecular complexity index is 1240. The minimum Gasteiger partial charge on any atom is -0.351 e. The second-order valence-corrected chi connectivity index (χ2v) is 7.93. The molecule has 1 fully saturated rings. The Morgan fingerprint density at radius 3 is 1.97 bits per heavy atom. The first-order valence-electron chi connectivity index (χ1n) is 10.9. The van der Waals surface area contributed by atoms with Crippen molar-refractivity contribution in [2.75, 3.05) is 36.0 Å². The van der Waals surface area contributed by atoms with Crippen LogP contribution in [0.5, 0.6) is 0 Å². The van der Waals surface area contributed by atoms with Gasteiger partial charge in [-0.2, -0.15) is 13.2 Å². The Labute approximate surface area is 194 Å². The fourth-order valence-electron chi connectivity index (χ4n) is 3.99. The van der Waals surface area contributed by atoms with Gasteiger partial charge in [-0.25, -0.2) is 9.97 Å². The van der Waals surface area contributed by atoms with Gasteiger partial charge in [0.05, 0.1) is 11.3 Å². The van der Waals surface area contributed by atoms with E-state index in [1.54, 1.807) is 18.5 Å². The number of hydrogen-bond donors (Lipinski definition) is 0. The molecule has 5 rings (SSSR count). The molecule has 0 atom stereocenters. The molecule has 3 heterocycles. The Morgan fingerprint density at radius 2 is 1.32 bits per heavy atom. The van der Waals surface area contributed by atoms with Gasteiger partial charge in [0, 0.05) is 49.7 Å². The van der Waals surface area contributed by atoms with Crippen molar-refractivity contribution in [2.24, 2.45) is 0 Å². The van der Waals surface area contributed by atoms with Crippen molar-refractivity contribution in [1.29, 1.82) is 0 Å². The lowest BCUT2D eigenvalue weighted by molar-refractivity contribution is -0.137. The Kier molecular flexibility index (Phi) is 5.83. The number of alkyl halides is 3. The summed E-state index contributed by atoms with van der Waals surface area (Å²) < 4.78 is 39.3.